The summed E-state index contributed by atoms with van der Waals surface area (Å²) in [6, 6.07) is 13.6. The third-order valence-corrected chi connectivity index (χ3v) is 3.57. The number of hydrogen-bond donors (Lipinski definition) is 0. The number of hydrogen-bond acceptors (Lipinski definition) is 3. The van der Waals surface area contributed by atoms with Crippen molar-refractivity contribution in [3.63, 3.8) is 0 Å². The van der Waals surface area contributed by atoms with Gasteiger partial charge in [-0.3, -0.25) is 0 Å². The second kappa shape index (κ2) is 6.06. The van der Waals surface area contributed by atoms with Crippen LogP contribution in [0.25, 0.3) is 0 Å². The summed E-state index contributed by atoms with van der Waals surface area (Å²) in [5.41, 5.74) is 1.14. The van der Waals surface area contributed by atoms with Crippen LogP contribution in [0, 0.1) is 0 Å². The molecule has 2 heterocycles. The van der Waals surface area contributed by atoms with E-state index in [2.05, 4.69) is 11.9 Å². The van der Waals surface area contributed by atoms with Gasteiger partial charge in [-0.05, 0) is 49.9 Å². The molecule has 0 amide bonds. The molecule has 3 heteroatoms. The molecule has 1 aromatic carbocycles. The number of benzene rings is 1. The Kier molecular flexibility index (Phi) is 3.97. The lowest BCUT2D eigenvalue weighted by Gasteiger charge is -2.27. The van der Waals surface area contributed by atoms with Gasteiger partial charge in [0.1, 0.15) is 5.75 Å². The molecule has 20 heavy (non-hydrogen) atoms. The van der Waals surface area contributed by atoms with Crippen LogP contribution in [-0.2, 0) is 4.74 Å². The van der Waals surface area contributed by atoms with Crippen LogP contribution < -0.4 is 4.74 Å². The highest BCUT2D eigenvalue weighted by Crippen LogP contribution is 2.31. The van der Waals surface area contributed by atoms with Gasteiger partial charge >= 0.3 is 0 Å². The first kappa shape index (κ1) is 13.1. The molecule has 2 atom stereocenters. The summed E-state index contributed by atoms with van der Waals surface area (Å²) in [5, 5.41) is 0. The molecule has 1 aliphatic rings. The Balaban J connectivity index is 1.68. The fourth-order valence-corrected chi connectivity index (χ4v) is 2.50. The van der Waals surface area contributed by atoms with Crippen LogP contribution in [0.5, 0.6) is 11.6 Å². The highest BCUT2D eigenvalue weighted by atomic mass is 16.5. The van der Waals surface area contributed by atoms with Gasteiger partial charge in [0.25, 0.3) is 0 Å². The lowest BCUT2D eigenvalue weighted by Crippen LogP contribution is -2.19. The van der Waals surface area contributed by atoms with Crippen LogP contribution in [0.1, 0.15) is 37.9 Å². The highest BCUT2D eigenvalue weighted by Gasteiger charge is 2.20. The lowest BCUT2D eigenvalue weighted by atomic mass is 10.0. The molecule has 2 aromatic rings. The van der Waals surface area contributed by atoms with Gasteiger partial charge in [0.05, 0.1) is 12.2 Å². The molecule has 1 saturated heterocycles. The topological polar surface area (TPSA) is 31.4 Å². The molecule has 1 aliphatic heterocycles. The number of nitrogens with zero attached hydrogens (tertiary/aromatic N) is 1. The van der Waals surface area contributed by atoms with Crippen molar-refractivity contribution in [2.75, 3.05) is 0 Å². The molecule has 104 valence electrons. The van der Waals surface area contributed by atoms with E-state index < -0.39 is 0 Å². The molecule has 0 saturated carbocycles. The van der Waals surface area contributed by atoms with Crippen LogP contribution in [0.15, 0.2) is 48.7 Å². The summed E-state index contributed by atoms with van der Waals surface area (Å²) in [7, 11) is 0. The summed E-state index contributed by atoms with van der Waals surface area (Å²) in [4.78, 5) is 4.37. The molecular formula is C17H19NO2. The van der Waals surface area contributed by atoms with Crippen LogP contribution >= 0.6 is 0 Å². The maximum Gasteiger partial charge on any atom is 0.219 e. The Bertz CT molecular complexity index is 539. The SMILES string of the molecule is C[C@@H]1CCC[C@H](c2ccc(Oc3ccccc3)nc2)O1. The summed E-state index contributed by atoms with van der Waals surface area (Å²) < 4.78 is 11.6. The zero-order valence-corrected chi connectivity index (χ0v) is 11.7. The number of ether oxygens (including phenoxy) is 2. The Morgan fingerprint density at radius 1 is 1.10 bits per heavy atom. The smallest absolute Gasteiger partial charge is 0.219 e. The predicted molar refractivity (Wildman–Crippen MR) is 77.9 cm³/mol. The number of rotatable bonds is 3. The Morgan fingerprint density at radius 3 is 2.65 bits per heavy atom. The van der Waals surface area contributed by atoms with E-state index in [0.29, 0.717) is 12.0 Å². The maximum atomic E-state index is 5.95. The quantitative estimate of drug-likeness (QED) is 0.821. The molecule has 3 rings (SSSR count). The van der Waals surface area contributed by atoms with E-state index in [0.717, 1.165) is 24.2 Å². The van der Waals surface area contributed by atoms with Gasteiger partial charge in [0.15, 0.2) is 0 Å². The van der Waals surface area contributed by atoms with Gasteiger partial charge < -0.3 is 9.47 Å². The van der Waals surface area contributed by atoms with Gasteiger partial charge in [0.2, 0.25) is 5.88 Å². The summed E-state index contributed by atoms with van der Waals surface area (Å²) in [6.45, 7) is 2.13. The van der Waals surface area contributed by atoms with Crippen LogP contribution in [0.4, 0.5) is 0 Å². The van der Waals surface area contributed by atoms with Crippen molar-refractivity contribution in [3.8, 4) is 11.6 Å². The number of aromatic nitrogens is 1. The van der Waals surface area contributed by atoms with Gasteiger partial charge in [-0.15, -0.1) is 0 Å². The monoisotopic (exact) mass is 269 g/mol. The van der Waals surface area contributed by atoms with Crippen LogP contribution in [0.3, 0.4) is 0 Å². The Morgan fingerprint density at radius 2 is 1.95 bits per heavy atom. The van der Waals surface area contributed by atoms with Crippen molar-refractivity contribution < 1.29 is 9.47 Å². The molecule has 0 radical (unpaired) electrons. The Labute approximate surface area is 119 Å². The van der Waals surface area contributed by atoms with Crippen molar-refractivity contribution in [2.45, 2.75) is 38.4 Å². The largest absolute Gasteiger partial charge is 0.439 e. The first-order valence-electron chi connectivity index (χ1n) is 7.15. The first-order valence-corrected chi connectivity index (χ1v) is 7.15. The third kappa shape index (κ3) is 3.17. The predicted octanol–water partition coefficient (Wildman–Crippen LogP) is 4.50. The minimum Gasteiger partial charge on any atom is -0.439 e. The van der Waals surface area contributed by atoms with E-state index in [9.17, 15) is 0 Å². The second-order valence-electron chi connectivity index (χ2n) is 5.21. The molecule has 0 spiro atoms. The molecule has 0 aliphatic carbocycles. The summed E-state index contributed by atoms with van der Waals surface area (Å²) in [5.74, 6) is 1.42. The van der Waals surface area contributed by atoms with Gasteiger partial charge in [0, 0.05) is 12.3 Å². The number of pyridine rings is 1. The van der Waals surface area contributed by atoms with E-state index in [4.69, 9.17) is 9.47 Å². The molecule has 0 unspecified atom stereocenters. The highest BCUT2D eigenvalue weighted by molar-refractivity contribution is 5.28. The zero-order valence-electron chi connectivity index (χ0n) is 11.7. The third-order valence-electron chi connectivity index (χ3n) is 3.57. The van der Waals surface area contributed by atoms with Crippen LogP contribution in [-0.4, -0.2) is 11.1 Å². The fraction of sp³-hybridized carbons (Fsp3) is 0.353. The standard InChI is InChI=1S/C17H19NO2/c1-13-6-5-9-16(19-13)14-10-11-17(18-12-14)20-15-7-3-2-4-8-15/h2-4,7-8,10-13,16H,5-6,9H2,1H3/t13-,16-/m1/s1. The average Bonchev–Trinajstić information content (AvgIpc) is 2.49. The zero-order chi connectivity index (χ0) is 13.8. The van der Waals surface area contributed by atoms with E-state index in [1.807, 2.05) is 48.7 Å². The van der Waals surface area contributed by atoms with Crippen molar-refractivity contribution in [3.05, 3.63) is 54.2 Å². The van der Waals surface area contributed by atoms with E-state index in [1.165, 1.54) is 6.42 Å². The van der Waals surface area contributed by atoms with Crippen molar-refractivity contribution in [1.29, 1.82) is 0 Å². The fourth-order valence-electron chi connectivity index (χ4n) is 2.50. The van der Waals surface area contributed by atoms with E-state index >= 15 is 0 Å². The average molecular weight is 269 g/mol. The molecule has 0 N–H and O–H groups in total. The minimum atomic E-state index is 0.178. The molecule has 0 bridgehead atoms. The normalized spacial score (nSPS) is 22.4. The maximum absolute atomic E-state index is 5.95. The molecule has 1 aromatic heterocycles. The van der Waals surface area contributed by atoms with Crippen molar-refractivity contribution >= 4 is 0 Å². The second-order valence-corrected chi connectivity index (χ2v) is 5.21. The van der Waals surface area contributed by atoms with Crippen molar-refractivity contribution in [1.82, 2.24) is 4.98 Å². The van der Waals surface area contributed by atoms with Crippen molar-refractivity contribution in [2.24, 2.45) is 0 Å². The van der Waals surface area contributed by atoms with Crippen LogP contribution in [0.2, 0.25) is 0 Å². The molecule has 1 fully saturated rings. The lowest BCUT2D eigenvalue weighted by molar-refractivity contribution is -0.0416. The van der Waals surface area contributed by atoms with E-state index in [1.54, 1.807) is 0 Å². The first-order chi connectivity index (χ1) is 9.81. The minimum absolute atomic E-state index is 0.178. The van der Waals surface area contributed by atoms with Gasteiger partial charge in [-0.25, -0.2) is 4.98 Å². The molecular weight excluding hydrogens is 250 g/mol. The molecule has 3 nitrogen and oxygen atoms in total. The summed E-state index contributed by atoms with van der Waals surface area (Å²) >= 11 is 0. The van der Waals surface area contributed by atoms with E-state index in [-0.39, 0.29) is 6.10 Å². The Hall–Kier alpha value is -1.87. The van der Waals surface area contributed by atoms with Gasteiger partial charge in [-0.2, -0.15) is 0 Å². The number of para-hydroxylation sites is 1. The van der Waals surface area contributed by atoms with Gasteiger partial charge in [-0.1, -0.05) is 18.2 Å². The summed E-state index contributed by atoms with van der Waals surface area (Å²) in [6.07, 6.45) is 5.82.